The monoisotopic (exact) mass is 683 g/mol. The van der Waals surface area contributed by atoms with Gasteiger partial charge >= 0.3 is 12.2 Å². The molecule has 16 heteroatoms. The summed E-state index contributed by atoms with van der Waals surface area (Å²) >= 11 is 6.04. The van der Waals surface area contributed by atoms with E-state index >= 15 is 4.39 Å². The Morgan fingerprint density at radius 3 is 2.83 bits per heavy atom. The summed E-state index contributed by atoms with van der Waals surface area (Å²) in [6, 6.07) is 1.53. The number of ether oxygens (including phenoxy) is 3. The second-order valence-electron chi connectivity index (χ2n) is 12.7. The molecule has 254 valence electrons. The van der Waals surface area contributed by atoms with Gasteiger partial charge in [0.05, 0.1) is 35.4 Å². The maximum Gasteiger partial charge on any atom is 0.418 e. The smallest absolute Gasteiger partial charge is 0.418 e. The van der Waals surface area contributed by atoms with Gasteiger partial charge in [0.25, 0.3) is 0 Å². The number of nitrogens with two attached hydrogens (primary N) is 1. The number of nitrogens with one attached hydrogen (secondary N) is 1. The number of nitrogens with zero attached hydrogens (tertiary/aromatic N) is 5. The molecule has 3 aromatic rings. The molecule has 6 heterocycles. The second kappa shape index (κ2) is 12.3. The van der Waals surface area contributed by atoms with Crippen LogP contribution in [0, 0.1) is 11.7 Å². The number of halogens is 6. The molecule has 3 N–H and O–H groups in total. The minimum atomic E-state index is -4.96. The van der Waals surface area contributed by atoms with Crippen LogP contribution in [0.5, 0.6) is 11.9 Å². The van der Waals surface area contributed by atoms with Crippen molar-refractivity contribution in [3.05, 3.63) is 28.5 Å². The predicted molar refractivity (Wildman–Crippen MR) is 165 cm³/mol. The van der Waals surface area contributed by atoms with E-state index in [1.54, 1.807) is 7.05 Å². The molecule has 10 nitrogen and oxygen atoms in total. The van der Waals surface area contributed by atoms with E-state index in [-0.39, 0.29) is 59.5 Å². The highest BCUT2D eigenvalue weighted by molar-refractivity contribution is 6.32. The number of aromatic nitrogens is 3. The molecule has 0 radical (unpaired) electrons. The largest absolute Gasteiger partial charge is 0.477 e. The molecular formula is C31H35ClF5N7O3. The summed E-state index contributed by atoms with van der Waals surface area (Å²) in [4.78, 5) is 17.6. The highest BCUT2D eigenvalue weighted by atomic mass is 35.5. The predicted octanol–water partition coefficient (Wildman–Crippen LogP) is 4.86. The van der Waals surface area contributed by atoms with Gasteiger partial charge in [0, 0.05) is 49.8 Å². The molecule has 0 spiro atoms. The zero-order valence-corrected chi connectivity index (χ0v) is 26.4. The molecule has 0 aliphatic carbocycles. The summed E-state index contributed by atoms with van der Waals surface area (Å²) in [6.45, 7) is 3.08. The van der Waals surface area contributed by atoms with E-state index < -0.39 is 45.5 Å². The second-order valence-corrected chi connectivity index (χ2v) is 13.1. The van der Waals surface area contributed by atoms with Crippen molar-refractivity contribution < 1.29 is 36.2 Å². The Bertz CT molecular complexity index is 1680. The van der Waals surface area contributed by atoms with Crippen molar-refractivity contribution in [3.8, 4) is 23.1 Å². The molecule has 0 saturated carbocycles. The molecule has 1 aromatic carbocycles. The van der Waals surface area contributed by atoms with Gasteiger partial charge < -0.3 is 30.2 Å². The first-order valence-electron chi connectivity index (χ1n) is 15.7. The van der Waals surface area contributed by atoms with Gasteiger partial charge in [-0.25, -0.2) is 13.8 Å². The van der Waals surface area contributed by atoms with Crippen LogP contribution in [-0.4, -0.2) is 97.3 Å². The summed E-state index contributed by atoms with van der Waals surface area (Å²) in [5.41, 5.74) is 2.30. The summed E-state index contributed by atoms with van der Waals surface area (Å²) < 4.78 is 92.6. The molecule has 0 amide bonds. The maximum atomic E-state index is 16.8. The fourth-order valence-corrected chi connectivity index (χ4v) is 7.90. The number of alkyl halides is 4. The Labute approximate surface area is 272 Å². The average Bonchev–Trinajstić information content (AvgIpc) is 3.54. The number of anilines is 2. The van der Waals surface area contributed by atoms with Crippen molar-refractivity contribution in [2.24, 2.45) is 5.92 Å². The minimum Gasteiger partial charge on any atom is -0.477 e. The van der Waals surface area contributed by atoms with Gasteiger partial charge in [0.15, 0.2) is 5.82 Å². The lowest BCUT2D eigenvalue weighted by Crippen LogP contribution is -2.51. The fourth-order valence-electron chi connectivity index (χ4n) is 7.56. The number of hydrogen-bond acceptors (Lipinski definition) is 10. The number of nitrogen functional groups attached to an aromatic ring is 1. The molecule has 4 aliphatic heterocycles. The minimum absolute atomic E-state index is 0.0584. The Kier molecular flexibility index (Phi) is 8.46. The molecule has 4 aliphatic rings. The first-order valence-corrected chi connectivity index (χ1v) is 16.1. The third-order valence-electron chi connectivity index (χ3n) is 9.77. The zero-order valence-electron chi connectivity index (χ0n) is 25.7. The van der Waals surface area contributed by atoms with Crippen LogP contribution >= 0.6 is 11.6 Å². The van der Waals surface area contributed by atoms with E-state index in [9.17, 15) is 17.6 Å². The van der Waals surface area contributed by atoms with Crippen LogP contribution in [0.2, 0.25) is 5.02 Å². The van der Waals surface area contributed by atoms with E-state index in [0.717, 1.165) is 31.5 Å². The lowest BCUT2D eigenvalue weighted by atomic mass is 9.93. The first-order chi connectivity index (χ1) is 22.5. The van der Waals surface area contributed by atoms with Gasteiger partial charge in [-0.2, -0.15) is 23.1 Å². The fraction of sp³-hybridized carbons (Fsp3) is 0.581. The van der Waals surface area contributed by atoms with Gasteiger partial charge in [0.1, 0.15) is 35.2 Å². The quantitative estimate of drug-likeness (QED) is 0.265. The van der Waals surface area contributed by atoms with Crippen LogP contribution in [-0.2, 0) is 10.9 Å². The molecule has 3 fully saturated rings. The first kappa shape index (κ1) is 32.3. The summed E-state index contributed by atoms with van der Waals surface area (Å²) in [5.74, 6) is -1.08. The average molecular weight is 684 g/mol. The Hall–Kier alpha value is -3.27. The molecule has 3 saturated heterocycles. The van der Waals surface area contributed by atoms with Gasteiger partial charge in [0.2, 0.25) is 5.88 Å². The van der Waals surface area contributed by atoms with Crippen LogP contribution in [0.25, 0.3) is 22.2 Å². The molecule has 2 aromatic heterocycles. The van der Waals surface area contributed by atoms with Crippen molar-refractivity contribution in [2.75, 3.05) is 70.3 Å². The topological polar surface area (TPSA) is 111 Å². The van der Waals surface area contributed by atoms with Crippen LogP contribution in [0.3, 0.4) is 0 Å². The summed E-state index contributed by atoms with van der Waals surface area (Å²) in [5, 5.41) is 2.52. The number of pyridine rings is 1. The van der Waals surface area contributed by atoms with Crippen LogP contribution in [0.1, 0.15) is 31.2 Å². The molecule has 7 rings (SSSR count). The highest BCUT2D eigenvalue weighted by Crippen LogP contribution is 2.47. The number of benzene rings is 1. The van der Waals surface area contributed by atoms with Crippen molar-refractivity contribution in [1.29, 1.82) is 0 Å². The zero-order chi connectivity index (χ0) is 33.1. The van der Waals surface area contributed by atoms with Gasteiger partial charge in [-0.3, -0.25) is 4.90 Å². The molecule has 0 bridgehead atoms. The van der Waals surface area contributed by atoms with E-state index in [2.05, 4.69) is 20.2 Å². The van der Waals surface area contributed by atoms with Gasteiger partial charge in [-0.05, 0) is 45.0 Å². The lowest BCUT2D eigenvalue weighted by molar-refractivity contribution is -0.137. The Morgan fingerprint density at radius 2 is 2.04 bits per heavy atom. The van der Waals surface area contributed by atoms with Crippen molar-refractivity contribution in [3.63, 3.8) is 0 Å². The summed E-state index contributed by atoms with van der Waals surface area (Å²) in [7, 11) is 1.80. The van der Waals surface area contributed by atoms with E-state index in [4.69, 9.17) is 36.5 Å². The van der Waals surface area contributed by atoms with Crippen molar-refractivity contribution in [2.45, 2.75) is 49.6 Å². The van der Waals surface area contributed by atoms with E-state index in [0.29, 0.717) is 45.7 Å². The van der Waals surface area contributed by atoms with Gasteiger partial charge in [-0.15, -0.1) is 0 Å². The number of likely N-dealkylation sites (N-methyl/N-ethyl adjacent to an activating group) is 1. The standard InChI is InChI=1S/C31H35ClF5N7O3/c1-39-5-7-44-21-14-45-8-3-16(21)13-46-28-22-26(24(34)25(40-28)19-9-18(38)10-20(32)23(19)31(35,36)37)41-29(42-27(22)44)47-15-30-4-2-6-43(30)12-17(33)11-30/h9-10,16-17,21,39H,2-8,11-15,38H2,1H3/t16?,17-,21?,30+/m1/s1. The molecule has 47 heavy (non-hydrogen) atoms. The van der Waals surface area contributed by atoms with Crippen molar-refractivity contribution >= 4 is 34.0 Å². The summed E-state index contributed by atoms with van der Waals surface area (Å²) in [6.07, 6.45) is -3.41. The maximum absolute atomic E-state index is 16.8. The molecular weight excluding hydrogens is 649 g/mol. The number of hydrogen-bond donors (Lipinski definition) is 2. The lowest BCUT2D eigenvalue weighted by Gasteiger charge is -2.42. The molecule has 4 atom stereocenters. The Balaban J connectivity index is 1.44. The number of fused-ring (bicyclic) bond motifs is 2. The Morgan fingerprint density at radius 1 is 1.21 bits per heavy atom. The van der Waals surface area contributed by atoms with E-state index in [1.807, 2.05) is 4.90 Å². The van der Waals surface area contributed by atoms with Gasteiger partial charge in [-0.1, -0.05) is 11.6 Å². The van der Waals surface area contributed by atoms with Crippen LogP contribution < -0.4 is 25.4 Å². The van der Waals surface area contributed by atoms with E-state index in [1.165, 1.54) is 0 Å². The van der Waals surface area contributed by atoms with Crippen LogP contribution in [0.4, 0.5) is 33.5 Å². The third kappa shape index (κ3) is 5.78. The SMILES string of the molecule is CNCCN1c2nc(OC[C@@]34CCCN3C[C@H](F)C4)nc3c(F)c(-c4cc(N)cc(Cl)c4C(F)(F)F)nc(c23)OCC2CCOCC21. The van der Waals surface area contributed by atoms with Crippen molar-refractivity contribution in [1.82, 2.24) is 25.2 Å². The van der Waals surface area contributed by atoms with Crippen LogP contribution in [0.15, 0.2) is 12.1 Å². The number of rotatable bonds is 7. The highest BCUT2D eigenvalue weighted by Gasteiger charge is 2.49. The normalized spacial score (nSPS) is 26.1. The molecule has 2 unspecified atom stereocenters. The third-order valence-corrected chi connectivity index (χ3v) is 10.1.